The van der Waals surface area contributed by atoms with Crippen LogP contribution in [0.4, 0.5) is 0 Å². The molecule has 1 aromatic rings. The summed E-state index contributed by atoms with van der Waals surface area (Å²) in [4.78, 5) is 0. The van der Waals surface area contributed by atoms with E-state index in [0.717, 1.165) is 31.2 Å². The van der Waals surface area contributed by atoms with Gasteiger partial charge in [-0.1, -0.05) is 57.9 Å². The van der Waals surface area contributed by atoms with Gasteiger partial charge >= 0.3 is 0 Å². The molecule has 1 aromatic carbocycles. The zero-order valence-electron chi connectivity index (χ0n) is 10.8. The van der Waals surface area contributed by atoms with Crippen molar-refractivity contribution in [1.29, 1.82) is 0 Å². The number of rotatable bonds is 6. The van der Waals surface area contributed by atoms with Crippen molar-refractivity contribution in [2.24, 2.45) is 0 Å². The summed E-state index contributed by atoms with van der Waals surface area (Å²) >= 11 is 0. The molecule has 0 radical (unpaired) electrons. The van der Waals surface area contributed by atoms with Crippen LogP contribution in [-0.4, -0.2) is 5.11 Å². The van der Waals surface area contributed by atoms with E-state index in [9.17, 15) is 5.11 Å². The zero-order chi connectivity index (χ0) is 12.0. The fourth-order valence-corrected chi connectivity index (χ4v) is 2.21. The second kappa shape index (κ2) is 6.05. The molecule has 1 unspecified atom stereocenters. The second-order valence-corrected chi connectivity index (χ2v) is 4.58. The van der Waals surface area contributed by atoms with Crippen molar-refractivity contribution in [2.45, 2.75) is 58.5 Å². The van der Waals surface area contributed by atoms with Crippen LogP contribution in [0.5, 0.6) is 0 Å². The van der Waals surface area contributed by atoms with E-state index in [1.165, 1.54) is 12.0 Å². The van der Waals surface area contributed by atoms with Gasteiger partial charge in [0.2, 0.25) is 0 Å². The van der Waals surface area contributed by atoms with E-state index in [-0.39, 0.29) is 0 Å². The van der Waals surface area contributed by atoms with Gasteiger partial charge in [0.25, 0.3) is 0 Å². The lowest BCUT2D eigenvalue weighted by Gasteiger charge is -2.27. The van der Waals surface area contributed by atoms with Crippen LogP contribution in [0.15, 0.2) is 24.3 Å². The van der Waals surface area contributed by atoms with E-state index in [4.69, 9.17) is 0 Å². The Bertz CT molecular complexity index is 302. The summed E-state index contributed by atoms with van der Waals surface area (Å²) in [5, 5.41) is 10.5. The summed E-state index contributed by atoms with van der Waals surface area (Å²) in [6, 6.07) is 8.47. The molecule has 90 valence electrons. The topological polar surface area (TPSA) is 20.2 Å². The molecule has 0 amide bonds. The summed E-state index contributed by atoms with van der Waals surface area (Å²) in [7, 11) is 0. The predicted octanol–water partition coefficient (Wildman–Crippen LogP) is 4.04. The quantitative estimate of drug-likeness (QED) is 0.767. The van der Waals surface area contributed by atoms with Crippen LogP contribution in [0.25, 0.3) is 0 Å². The third-order valence-corrected chi connectivity index (χ3v) is 3.28. The summed E-state index contributed by atoms with van der Waals surface area (Å²) in [6.45, 7) is 6.36. The lowest BCUT2D eigenvalue weighted by molar-refractivity contribution is 0.0226. The molecule has 0 spiro atoms. The molecular weight excluding hydrogens is 196 g/mol. The van der Waals surface area contributed by atoms with E-state index in [1.807, 2.05) is 0 Å². The highest BCUT2D eigenvalue weighted by molar-refractivity contribution is 5.27. The van der Waals surface area contributed by atoms with Gasteiger partial charge in [0.1, 0.15) is 0 Å². The zero-order valence-corrected chi connectivity index (χ0v) is 10.8. The molecule has 1 heteroatoms. The second-order valence-electron chi connectivity index (χ2n) is 4.58. The highest BCUT2D eigenvalue weighted by atomic mass is 16.3. The first-order valence-corrected chi connectivity index (χ1v) is 6.48. The SMILES string of the molecule is CCCc1ccc(C(O)(CC)CCC)cc1. The Hall–Kier alpha value is -0.820. The largest absolute Gasteiger partial charge is 0.385 e. The highest BCUT2D eigenvalue weighted by Gasteiger charge is 2.25. The van der Waals surface area contributed by atoms with Gasteiger partial charge in [-0.25, -0.2) is 0 Å². The molecule has 0 heterocycles. The maximum Gasteiger partial charge on any atom is 0.0893 e. The van der Waals surface area contributed by atoms with Crippen molar-refractivity contribution in [1.82, 2.24) is 0 Å². The molecular formula is C15H24O. The summed E-state index contributed by atoms with van der Waals surface area (Å²) < 4.78 is 0. The minimum atomic E-state index is -0.626. The Kier molecular flexibility index (Phi) is 5.01. The minimum absolute atomic E-state index is 0.626. The molecule has 0 aliphatic carbocycles. The predicted molar refractivity (Wildman–Crippen MR) is 69.5 cm³/mol. The van der Waals surface area contributed by atoms with Crippen LogP contribution in [0, 0.1) is 0 Å². The number of aliphatic hydroxyl groups is 1. The van der Waals surface area contributed by atoms with Gasteiger partial charge in [0.05, 0.1) is 5.60 Å². The molecule has 16 heavy (non-hydrogen) atoms. The van der Waals surface area contributed by atoms with E-state index in [1.54, 1.807) is 0 Å². The van der Waals surface area contributed by atoms with Crippen molar-refractivity contribution in [2.75, 3.05) is 0 Å². The van der Waals surface area contributed by atoms with Crippen LogP contribution in [0.2, 0.25) is 0 Å². The molecule has 1 atom stereocenters. The third kappa shape index (κ3) is 3.08. The van der Waals surface area contributed by atoms with Gasteiger partial charge in [-0.05, 0) is 30.4 Å². The van der Waals surface area contributed by atoms with Gasteiger partial charge < -0.3 is 5.11 Å². The van der Waals surface area contributed by atoms with Crippen molar-refractivity contribution in [3.05, 3.63) is 35.4 Å². The highest BCUT2D eigenvalue weighted by Crippen LogP contribution is 2.30. The first kappa shape index (κ1) is 13.2. The van der Waals surface area contributed by atoms with E-state index in [0.29, 0.717) is 0 Å². The number of hydrogen-bond acceptors (Lipinski definition) is 1. The molecule has 1 nitrogen and oxygen atoms in total. The van der Waals surface area contributed by atoms with Crippen molar-refractivity contribution >= 4 is 0 Å². The smallest absolute Gasteiger partial charge is 0.0893 e. The number of hydrogen-bond donors (Lipinski definition) is 1. The van der Waals surface area contributed by atoms with Crippen molar-refractivity contribution in [3.8, 4) is 0 Å². The van der Waals surface area contributed by atoms with Crippen LogP contribution < -0.4 is 0 Å². The first-order valence-electron chi connectivity index (χ1n) is 6.48. The monoisotopic (exact) mass is 220 g/mol. The standard InChI is InChI=1S/C15H24O/c1-4-7-13-8-10-14(11-9-13)15(16,6-3)12-5-2/h8-11,16H,4-7,12H2,1-3H3. The van der Waals surface area contributed by atoms with Crippen LogP contribution in [0.1, 0.15) is 57.6 Å². The van der Waals surface area contributed by atoms with Gasteiger partial charge in [0.15, 0.2) is 0 Å². The fourth-order valence-electron chi connectivity index (χ4n) is 2.21. The van der Waals surface area contributed by atoms with E-state index >= 15 is 0 Å². The Morgan fingerprint density at radius 2 is 1.62 bits per heavy atom. The van der Waals surface area contributed by atoms with Gasteiger partial charge in [0, 0.05) is 0 Å². The Morgan fingerprint density at radius 1 is 1.00 bits per heavy atom. The summed E-state index contributed by atoms with van der Waals surface area (Å²) in [5.74, 6) is 0. The average molecular weight is 220 g/mol. The first-order chi connectivity index (χ1) is 7.66. The molecule has 0 fully saturated rings. The Morgan fingerprint density at radius 3 is 2.06 bits per heavy atom. The Labute approximate surface area is 99.5 Å². The van der Waals surface area contributed by atoms with Gasteiger partial charge in [-0.15, -0.1) is 0 Å². The number of aryl methyl sites for hydroxylation is 1. The fraction of sp³-hybridized carbons (Fsp3) is 0.600. The van der Waals surface area contributed by atoms with Crippen LogP contribution in [0.3, 0.4) is 0 Å². The summed E-state index contributed by atoms with van der Waals surface area (Å²) in [5.41, 5.74) is 1.80. The normalized spacial score (nSPS) is 14.8. The van der Waals surface area contributed by atoms with Gasteiger partial charge in [-0.3, -0.25) is 0 Å². The maximum atomic E-state index is 10.5. The molecule has 0 aliphatic heterocycles. The van der Waals surface area contributed by atoms with Gasteiger partial charge in [-0.2, -0.15) is 0 Å². The van der Waals surface area contributed by atoms with Crippen LogP contribution >= 0.6 is 0 Å². The van der Waals surface area contributed by atoms with E-state index in [2.05, 4.69) is 45.0 Å². The molecule has 0 aromatic heterocycles. The Balaban J connectivity index is 2.85. The molecule has 0 saturated carbocycles. The average Bonchev–Trinajstić information content (AvgIpc) is 2.30. The van der Waals surface area contributed by atoms with Crippen molar-refractivity contribution < 1.29 is 5.11 Å². The molecule has 0 bridgehead atoms. The lowest BCUT2D eigenvalue weighted by Crippen LogP contribution is -2.24. The molecule has 1 N–H and O–H groups in total. The molecule has 0 saturated heterocycles. The molecule has 1 rings (SSSR count). The van der Waals surface area contributed by atoms with Crippen molar-refractivity contribution in [3.63, 3.8) is 0 Å². The maximum absolute atomic E-state index is 10.5. The number of benzene rings is 1. The lowest BCUT2D eigenvalue weighted by atomic mass is 9.86. The third-order valence-electron chi connectivity index (χ3n) is 3.28. The summed E-state index contributed by atoms with van der Waals surface area (Å²) in [6.07, 6.45) is 4.94. The van der Waals surface area contributed by atoms with E-state index < -0.39 is 5.60 Å². The van der Waals surface area contributed by atoms with Crippen LogP contribution in [-0.2, 0) is 12.0 Å². The molecule has 0 aliphatic rings. The minimum Gasteiger partial charge on any atom is -0.385 e.